The van der Waals surface area contributed by atoms with Crippen molar-refractivity contribution in [3.8, 4) is 5.88 Å². The van der Waals surface area contributed by atoms with E-state index in [1.54, 1.807) is 6.07 Å². The van der Waals surface area contributed by atoms with Crippen LogP contribution in [0.5, 0.6) is 5.88 Å². The molecule has 0 aliphatic heterocycles. The van der Waals surface area contributed by atoms with Gasteiger partial charge in [0.1, 0.15) is 5.82 Å². The maximum atomic E-state index is 5.86. The lowest BCUT2D eigenvalue weighted by Crippen LogP contribution is -2.08. The molecule has 3 N–H and O–H groups in total. The molecule has 0 aliphatic rings. The first kappa shape index (κ1) is 14.5. The molecular weight excluding hydrogens is 274 g/mol. The molecule has 5 heteroatoms. The van der Waals surface area contributed by atoms with E-state index in [2.05, 4.69) is 24.1 Å². The fourth-order valence-corrected chi connectivity index (χ4v) is 1.69. The number of halogens is 1. The van der Waals surface area contributed by atoms with Crippen LogP contribution in [0.3, 0.4) is 0 Å². The average Bonchev–Trinajstić information content (AvgIpc) is 2.42. The number of ether oxygens (including phenoxy) is 1. The maximum Gasteiger partial charge on any atom is 0.239 e. The van der Waals surface area contributed by atoms with Crippen LogP contribution in [0.2, 0.25) is 5.02 Å². The number of nitrogens with one attached hydrogen (secondary N) is 1. The highest BCUT2D eigenvalue weighted by atomic mass is 35.5. The van der Waals surface area contributed by atoms with E-state index < -0.39 is 0 Å². The number of nitrogen functional groups attached to an aromatic ring is 1. The summed E-state index contributed by atoms with van der Waals surface area (Å²) in [4.78, 5) is 4.37. The highest BCUT2D eigenvalue weighted by Gasteiger charge is 2.06. The van der Waals surface area contributed by atoms with E-state index in [1.165, 1.54) is 0 Å². The summed E-state index contributed by atoms with van der Waals surface area (Å²) < 4.78 is 5.60. The molecule has 106 valence electrons. The minimum Gasteiger partial charge on any atom is -0.476 e. The van der Waals surface area contributed by atoms with Gasteiger partial charge >= 0.3 is 0 Å². The van der Waals surface area contributed by atoms with Crippen molar-refractivity contribution in [2.75, 3.05) is 17.7 Å². The monoisotopic (exact) mass is 291 g/mol. The first-order valence-corrected chi connectivity index (χ1v) is 6.84. The van der Waals surface area contributed by atoms with Crippen molar-refractivity contribution in [3.05, 3.63) is 41.4 Å². The molecule has 0 saturated carbocycles. The van der Waals surface area contributed by atoms with Crippen LogP contribution in [0.4, 0.5) is 17.2 Å². The summed E-state index contributed by atoms with van der Waals surface area (Å²) in [6.45, 7) is 4.74. The van der Waals surface area contributed by atoms with E-state index in [1.807, 2.05) is 30.3 Å². The third-order valence-electron chi connectivity index (χ3n) is 2.56. The third kappa shape index (κ3) is 4.03. The Labute approximate surface area is 123 Å². The second-order valence-electron chi connectivity index (χ2n) is 4.93. The summed E-state index contributed by atoms with van der Waals surface area (Å²) in [5.41, 5.74) is 7.29. The first-order chi connectivity index (χ1) is 9.54. The van der Waals surface area contributed by atoms with Gasteiger partial charge in [0.2, 0.25) is 5.88 Å². The molecule has 20 heavy (non-hydrogen) atoms. The van der Waals surface area contributed by atoms with E-state index in [0.29, 0.717) is 34.9 Å². The minimum atomic E-state index is 0.420. The van der Waals surface area contributed by atoms with Crippen LogP contribution in [0.1, 0.15) is 13.8 Å². The van der Waals surface area contributed by atoms with Gasteiger partial charge in [0.25, 0.3) is 0 Å². The molecule has 0 radical (unpaired) electrons. The lowest BCUT2D eigenvalue weighted by Gasteiger charge is -2.12. The molecule has 0 bridgehead atoms. The van der Waals surface area contributed by atoms with E-state index in [9.17, 15) is 0 Å². The molecule has 0 saturated heterocycles. The van der Waals surface area contributed by atoms with Crippen LogP contribution in [0.15, 0.2) is 36.4 Å². The van der Waals surface area contributed by atoms with Crippen LogP contribution in [-0.2, 0) is 0 Å². The van der Waals surface area contributed by atoms with Gasteiger partial charge in [0.05, 0.1) is 12.3 Å². The summed E-state index contributed by atoms with van der Waals surface area (Å²) in [7, 11) is 0. The van der Waals surface area contributed by atoms with Crippen molar-refractivity contribution < 1.29 is 4.74 Å². The summed E-state index contributed by atoms with van der Waals surface area (Å²) >= 11 is 5.85. The van der Waals surface area contributed by atoms with E-state index in [0.717, 1.165) is 5.69 Å². The molecule has 2 aromatic rings. The molecular formula is C15H18ClN3O. The summed E-state index contributed by atoms with van der Waals surface area (Å²) in [6, 6.07) is 11.0. The topological polar surface area (TPSA) is 60.2 Å². The second-order valence-corrected chi connectivity index (χ2v) is 5.36. The Morgan fingerprint density at radius 3 is 2.55 bits per heavy atom. The molecule has 2 rings (SSSR count). The highest BCUT2D eigenvalue weighted by molar-refractivity contribution is 6.30. The van der Waals surface area contributed by atoms with Gasteiger partial charge in [-0.1, -0.05) is 25.4 Å². The van der Waals surface area contributed by atoms with Gasteiger partial charge in [0, 0.05) is 10.7 Å². The lowest BCUT2D eigenvalue weighted by molar-refractivity contribution is 0.263. The van der Waals surface area contributed by atoms with Gasteiger partial charge in [-0.3, -0.25) is 0 Å². The number of aromatic nitrogens is 1. The Morgan fingerprint density at radius 1 is 1.20 bits per heavy atom. The Morgan fingerprint density at radius 2 is 1.90 bits per heavy atom. The van der Waals surface area contributed by atoms with Crippen LogP contribution >= 0.6 is 11.6 Å². The molecule has 1 aromatic carbocycles. The number of nitrogens with two attached hydrogens (primary N) is 1. The molecule has 0 aliphatic carbocycles. The average molecular weight is 292 g/mol. The van der Waals surface area contributed by atoms with Gasteiger partial charge in [-0.25, -0.2) is 0 Å². The van der Waals surface area contributed by atoms with Crippen molar-refractivity contribution >= 4 is 28.8 Å². The van der Waals surface area contributed by atoms with Crippen molar-refractivity contribution in [1.82, 2.24) is 4.98 Å². The van der Waals surface area contributed by atoms with Gasteiger partial charge < -0.3 is 15.8 Å². The number of benzene rings is 1. The Bertz CT molecular complexity index is 570. The Hall–Kier alpha value is -1.94. The summed E-state index contributed by atoms with van der Waals surface area (Å²) in [5.74, 6) is 1.56. The zero-order chi connectivity index (χ0) is 14.5. The fourth-order valence-electron chi connectivity index (χ4n) is 1.56. The Kier molecular flexibility index (Phi) is 4.69. The van der Waals surface area contributed by atoms with Gasteiger partial charge in [-0.2, -0.15) is 4.98 Å². The van der Waals surface area contributed by atoms with Gasteiger partial charge in [-0.15, -0.1) is 0 Å². The minimum absolute atomic E-state index is 0.420. The number of hydrogen-bond donors (Lipinski definition) is 2. The zero-order valence-corrected chi connectivity index (χ0v) is 12.3. The quantitative estimate of drug-likeness (QED) is 0.871. The molecule has 0 unspecified atom stereocenters. The molecule has 0 amide bonds. The number of anilines is 3. The predicted octanol–water partition coefficient (Wildman–Crippen LogP) is 4.10. The third-order valence-corrected chi connectivity index (χ3v) is 2.81. The van der Waals surface area contributed by atoms with Crippen molar-refractivity contribution in [3.63, 3.8) is 0 Å². The first-order valence-electron chi connectivity index (χ1n) is 6.46. The molecule has 0 atom stereocenters. The molecule has 4 nitrogen and oxygen atoms in total. The van der Waals surface area contributed by atoms with Crippen LogP contribution < -0.4 is 15.8 Å². The molecule has 1 heterocycles. The standard InChI is InChI=1S/C15H18ClN3O/c1-10(2)9-20-15-13(17)7-8-14(19-15)18-12-5-3-11(16)4-6-12/h3-8,10H,9,17H2,1-2H3,(H,18,19). The van der Waals surface area contributed by atoms with Crippen LogP contribution in [-0.4, -0.2) is 11.6 Å². The normalized spacial score (nSPS) is 10.6. The van der Waals surface area contributed by atoms with Crippen LogP contribution in [0, 0.1) is 5.92 Å². The number of nitrogens with zero attached hydrogens (tertiary/aromatic N) is 1. The summed E-state index contributed by atoms with van der Waals surface area (Å²) in [5, 5.41) is 3.88. The smallest absolute Gasteiger partial charge is 0.239 e. The highest BCUT2D eigenvalue weighted by Crippen LogP contribution is 2.24. The van der Waals surface area contributed by atoms with E-state index in [-0.39, 0.29) is 0 Å². The fraction of sp³-hybridized carbons (Fsp3) is 0.267. The zero-order valence-electron chi connectivity index (χ0n) is 11.6. The number of hydrogen-bond acceptors (Lipinski definition) is 4. The Balaban J connectivity index is 2.12. The van der Waals surface area contributed by atoms with Crippen molar-refractivity contribution in [2.24, 2.45) is 5.92 Å². The molecule has 1 aromatic heterocycles. The molecule has 0 spiro atoms. The molecule has 0 fully saturated rings. The van der Waals surface area contributed by atoms with Crippen molar-refractivity contribution in [2.45, 2.75) is 13.8 Å². The van der Waals surface area contributed by atoms with Gasteiger partial charge in [0.15, 0.2) is 0 Å². The van der Waals surface area contributed by atoms with E-state index in [4.69, 9.17) is 22.1 Å². The largest absolute Gasteiger partial charge is 0.476 e. The lowest BCUT2D eigenvalue weighted by atomic mass is 10.2. The summed E-state index contributed by atoms with van der Waals surface area (Å²) in [6.07, 6.45) is 0. The predicted molar refractivity (Wildman–Crippen MR) is 83.7 cm³/mol. The van der Waals surface area contributed by atoms with Crippen molar-refractivity contribution in [1.29, 1.82) is 0 Å². The maximum absolute atomic E-state index is 5.86. The SMILES string of the molecule is CC(C)COc1nc(Nc2ccc(Cl)cc2)ccc1N. The number of pyridine rings is 1. The second kappa shape index (κ2) is 6.48. The van der Waals surface area contributed by atoms with Crippen LogP contribution in [0.25, 0.3) is 0 Å². The number of rotatable bonds is 5. The van der Waals surface area contributed by atoms with E-state index >= 15 is 0 Å². The van der Waals surface area contributed by atoms with Gasteiger partial charge in [-0.05, 0) is 42.3 Å².